The van der Waals surface area contributed by atoms with Gasteiger partial charge >= 0.3 is 0 Å². The molecule has 1 aromatic heterocycles. The highest BCUT2D eigenvalue weighted by atomic mass is 16.1. The zero-order valence-electron chi connectivity index (χ0n) is 17.8. The predicted octanol–water partition coefficient (Wildman–Crippen LogP) is 1.12. The fourth-order valence-corrected chi connectivity index (χ4v) is 4.55. The lowest BCUT2D eigenvalue weighted by atomic mass is 9.67. The van der Waals surface area contributed by atoms with Gasteiger partial charge in [-0.3, -0.25) is 9.59 Å². The number of hydrogen-bond donors (Lipinski definition) is 4. The maximum Gasteiger partial charge on any atom is 0.248 e. The van der Waals surface area contributed by atoms with Gasteiger partial charge < -0.3 is 17.2 Å². The van der Waals surface area contributed by atoms with Crippen LogP contribution in [0.25, 0.3) is 0 Å². The zero-order chi connectivity index (χ0) is 23.0. The largest absolute Gasteiger partial charge is 0.366 e. The van der Waals surface area contributed by atoms with Crippen LogP contribution in [0.5, 0.6) is 0 Å². The van der Waals surface area contributed by atoms with Crippen LogP contribution in [-0.2, 0) is 18.3 Å². The molecule has 9 nitrogen and oxygen atoms in total. The smallest absolute Gasteiger partial charge is 0.248 e. The van der Waals surface area contributed by atoms with Gasteiger partial charge in [0.1, 0.15) is 0 Å². The van der Waals surface area contributed by atoms with E-state index in [2.05, 4.69) is 27.2 Å². The Labute approximate surface area is 185 Å². The molecule has 0 saturated heterocycles. The van der Waals surface area contributed by atoms with E-state index < -0.39 is 17.2 Å². The highest BCUT2D eigenvalue weighted by Crippen LogP contribution is 2.47. The van der Waals surface area contributed by atoms with Crippen LogP contribution in [0.15, 0.2) is 48.6 Å². The maximum absolute atomic E-state index is 11.9. The normalized spacial score (nSPS) is 15.2. The average molecular weight is 432 g/mol. The lowest BCUT2D eigenvalue weighted by Gasteiger charge is -2.36. The summed E-state index contributed by atoms with van der Waals surface area (Å²) in [4.78, 5) is 23.7. The molecule has 3 aromatic rings. The molecule has 0 saturated carbocycles. The molecule has 0 radical (unpaired) electrons. The number of carbonyl (C=O) groups is 2. The number of amides is 2. The lowest BCUT2D eigenvalue weighted by molar-refractivity contribution is 0.0991. The Morgan fingerprint density at radius 1 is 1.06 bits per heavy atom. The summed E-state index contributed by atoms with van der Waals surface area (Å²) in [5.41, 5.74) is 22.0. The first-order chi connectivity index (χ1) is 15.2. The maximum atomic E-state index is 11.9. The van der Waals surface area contributed by atoms with Crippen molar-refractivity contribution in [3.8, 4) is 0 Å². The number of benzene rings is 2. The van der Waals surface area contributed by atoms with E-state index in [1.54, 1.807) is 24.3 Å². The molecule has 2 aromatic carbocycles. The van der Waals surface area contributed by atoms with E-state index in [1.807, 2.05) is 19.1 Å². The van der Waals surface area contributed by atoms with Crippen molar-refractivity contribution < 1.29 is 9.59 Å². The number of nitrogens with two attached hydrogens (primary N) is 3. The number of nitrogens with one attached hydrogen (secondary N) is 1. The van der Waals surface area contributed by atoms with Crippen LogP contribution in [0.2, 0.25) is 0 Å². The quantitative estimate of drug-likeness (QED) is 0.427. The Hall–Kier alpha value is -3.85. The summed E-state index contributed by atoms with van der Waals surface area (Å²) in [6.45, 7) is 5.91. The molecule has 0 aliphatic heterocycles. The molecule has 0 bridgehead atoms. The van der Waals surface area contributed by atoms with Gasteiger partial charge in [-0.1, -0.05) is 29.5 Å². The Morgan fingerprint density at radius 3 is 2.00 bits per heavy atom. The van der Waals surface area contributed by atoms with Gasteiger partial charge in [0.15, 0.2) is 5.82 Å². The molecular weight excluding hydrogens is 406 g/mol. The summed E-state index contributed by atoms with van der Waals surface area (Å²) in [7, 11) is 0. The minimum absolute atomic E-state index is 0.376. The fraction of sp³-hybridized carbons (Fsp3) is 0.261. The molecule has 1 heterocycles. The van der Waals surface area contributed by atoms with Crippen molar-refractivity contribution in [2.24, 2.45) is 17.2 Å². The van der Waals surface area contributed by atoms with Crippen molar-refractivity contribution in [1.82, 2.24) is 20.6 Å². The van der Waals surface area contributed by atoms with Crippen LogP contribution in [0.3, 0.4) is 0 Å². The molecule has 4 rings (SSSR count). The summed E-state index contributed by atoms with van der Waals surface area (Å²) in [5, 5.41) is 15.1. The molecule has 0 spiro atoms. The lowest BCUT2D eigenvalue weighted by Crippen LogP contribution is -2.39. The number of carbonyl (C=O) groups excluding carboxylic acids is 2. The van der Waals surface area contributed by atoms with Gasteiger partial charge in [-0.25, -0.2) is 0 Å². The Kier molecular flexibility index (Phi) is 5.35. The third kappa shape index (κ3) is 3.46. The number of aromatic amines is 1. The highest BCUT2D eigenvalue weighted by molar-refractivity contribution is 5.94. The molecular formula is C23H25N7O2. The van der Waals surface area contributed by atoms with Crippen molar-refractivity contribution in [3.63, 3.8) is 0 Å². The highest BCUT2D eigenvalue weighted by Gasteiger charge is 2.45. The molecule has 1 atom stereocenters. The van der Waals surface area contributed by atoms with Gasteiger partial charge in [0, 0.05) is 17.2 Å². The first kappa shape index (κ1) is 21.4. The van der Waals surface area contributed by atoms with E-state index in [9.17, 15) is 9.59 Å². The number of primary amides is 2. The number of H-pyrrole nitrogens is 1. The molecule has 1 aliphatic carbocycles. The van der Waals surface area contributed by atoms with Gasteiger partial charge in [0.2, 0.25) is 11.8 Å². The second-order valence-electron chi connectivity index (χ2n) is 8.27. The van der Waals surface area contributed by atoms with Crippen molar-refractivity contribution in [1.29, 1.82) is 0 Å². The molecule has 7 N–H and O–H groups in total. The Morgan fingerprint density at radius 2 is 1.59 bits per heavy atom. The molecule has 32 heavy (non-hydrogen) atoms. The summed E-state index contributed by atoms with van der Waals surface area (Å²) < 4.78 is 0. The topological polar surface area (TPSA) is 167 Å². The minimum atomic E-state index is -0.890. The van der Waals surface area contributed by atoms with Gasteiger partial charge in [-0.15, -0.1) is 10.2 Å². The number of aromatic nitrogens is 4. The van der Waals surface area contributed by atoms with E-state index in [1.165, 1.54) is 0 Å². The molecule has 1 aliphatic rings. The van der Waals surface area contributed by atoms with Crippen LogP contribution in [0.1, 0.15) is 62.1 Å². The van der Waals surface area contributed by atoms with Gasteiger partial charge in [0.25, 0.3) is 0 Å². The van der Waals surface area contributed by atoms with Crippen molar-refractivity contribution in [3.05, 3.63) is 87.8 Å². The monoisotopic (exact) mass is 431 g/mol. The molecule has 0 fully saturated rings. The summed E-state index contributed by atoms with van der Waals surface area (Å²) >= 11 is 0. The number of aryl methyl sites for hydroxylation is 2. The van der Waals surface area contributed by atoms with Crippen LogP contribution in [0.4, 0.5) is 0 Å². The van der Waals surface area contributed by atoms with E-state index in [0.29, 0.717) is 36.2 Å². The fourth-order valence-electron chi connectivity index (χ4n) is 4.55. The average Bonchev–Trinajstić information content (AvgIpc) is 3.26. The van der Waals surface area contributed by atoms with Crippen LogP contribution < -0.4 is 17.2 Å². The van der Waals surface area contributed by atoms with E-state index >= 15 is 0 Å². The SMILES string of the molecule is C=C(C)[C@H](N)CC1(c2nn[nH]n2)c2ccc(C(N)=O)cc2CCc2cc(C(N)=O)ccc21. The molecule has 164 valence electrons. The predicted molar refractivity (Wildman–Crippen MR) is 119 cm³/mol. The standard InChI is InChI=1S/C23H25N7O2/c1-12(2)19(24)11-23(22-27-29-30-28-22)17-7-5-15(20(25)31)9-13(17)3-4-14-10-16(21(26)32)6-8-18(14)23/h5-10,19H,1,3-4,11,24H2,2H3,(H2,25,31)(H2,26,32)(H,27,28,29,30)/t19-/m1/s1. The zero-order valence-corrected chi connectivity index (χ0v) is 17.8. The molecule has 0 unspecified atom stereocenters. The molecule has 9 heteroatoms. The van der Waals surface area contributed by atoms with Crippen molar-refractivity contribution in [2.75, 3.05) is 0 Å². The number of fused-ring (bicyclic) bond motifs is 2. The van der Waals surface area contributed by atoms with Crippen LogP contribution >= 0.6 is 0 Å². The second-order valence-corrected chi connectivity index (χ2v) is 8.27. The van der Waals surface area contributed by atoms with Gasteiger partial charge in [-0.2, -0.15) is 5.21 Å². The van der Waals surface area contributed by atoms with Crippen molar-refractivity contribution in [2.45, 2.75) is 37.6 Å². The Bertz CT molecular complexity index is 1150. The van der Waals surface area contributed by atoms with E-state index in [0.717, 1.165) is 27.8 Å². The minimum Gasteiger partial charge on any atom is -0.366 e. The third-order valence-electron chi connectivity index (χ3n) is 6.25. The van der Waals surface area contributed by atoms with E-state index in [-0.39, 0.29) is 6.04 Å². The molecule has 2 amide bonds. The van der Waals surface area contributed by atoms with Gasteiger partial charge in [-0.05, 0) is 72.7 Å². The number of rotatable bonds is 6. The van der Waals surface area contributed by atoms with Crippen LogP contribution in [0, 0.1) is 0 Å². The summed E-state index contributed by atoms with van der Waals surface area (Å²) in [5.74, 6) is -0.569. The first-order valence-corrected chi connectivity index (χ1v) is 10.3. The van der Waals surface area contributed by atoms with Crippen LogP contribution in [-0.4, -0.2) is 38.5 Å². The summed E-state index contributed by atoms with van der Waals surface area (Å²) in [6, 6.07) is 10.4. The number of tetrazole rings is 1. The van der Waals surface area contributed by atoms with Crippen molar-refractivity contribution >= 4 is 11.8 Å². The number of hydrogen-bond acceptors (Lipinski definition) is 6. The first-order valence-electron chi connectivity index (χ1n) is 10.3. The summed E-state index contributed by atoms with van der Waals surface area (Å²) in [6.07, 6.45) is 1.65. The second kappa shape index (κ2) is 8.01. The third-order valence-corrected chi connectivity index (χ3v) is 6.25. The Balaban J connectivity index is 2.07. The number of nitrogens with zero attached hydrogens (tertiary/aromatic N) is 3. The van der Waals surface area contributed by atoms with Gasteiger partial charge in [0.05, 0.1) is 5.41 Å². The van der Waals surface area contributed by atoms with E-state index in [4.69, 9.17) is 17.2 Å².